The molecule has 3 aromatic carbocycles. The lowest BCUT2D eigenvalue weighted by Crippen LogP contribution is -2.05. The van der Waals surface area contributed by atoms with Crippen LogP contribution in [0, 0.1) is 6.92 Å². The summed E-state index contributed by atoms with van der Waals surface area (Å²) in [5.74, 6) is 0. The number of azo groups is 2. The molecule has 14 heteroatoms. The lowest BCUT2D eigenvalue weighted by atomic mass is 10.2. The number of nitrogens with two attached hydrogens (primary N) is 2. The predicted molar refractivity (Wildman–Crippen MR) is 121 cm³/mol. The quantitative estimate of drug-likeness (QED) is 0.219. The number of anilines is 2. The Morgan fingerprint density at radius 2 is 1.18 bits per heavy atom. The van der Waals surface area contributed by atoms with Crippen molar-refractivity contribution in [2.45, 2.75) is 16.7 Å². The summed E-state index contributed by atoms with van der Waals surface area (Å²) in [4.78, 5) is -1.27. The third-order valence-corrected chi connectivity index (χ3v) is 6.17. The Morgan fingerprint density at radius 1 is 0.667 bits per heavy atom. The van der Waals surface area contributed by atoms with Gasteiger partial charge in [-0.1, -0.05) is 30.3 Å². The van der Waals surface area contributed by atoms with E-state index in [0.717, 1.165) is 17.7 Å². The molecule has 0 saturated heterocycles. The second kappa shape index (κ2) is 9.03. The lowest BCUT2D eigenvalue weighted by Gasteiger charge is -2.10. The van der Waals surface area contributed by atoms with E-state index in [1.807, 2.05) is 0 Å². The van der Waals surface area contributed by atoms with E-state index in [1.54, 1.807) is 31.2 Å². The van der Waals surface area contributed by atoms with Crippen LogP contribution in [-0.4, -0.2) is 25.9 Å². The molecule has 0 radical (unpaired) electrons. The summed E-state index contributed by atoms with van der Waals surface area (Å²) >= 11 is 0. The topological polar surface area (TPSA) is 210 Å². The van der Waals surface area contributed by atoms with Gasteiger partial charge in [0.25, 0.3) is 20.2 Å². The molecular formula is C19H18N6O6S2. The van der Waals surface area contributed by atoms with Crippen molar-refractivity contribution in [2.24, 2.45) is 20.5 Å². The highest BCUT2D eigenvalue weighted by molar-refractivity contribution is 7.86. The summed E-state index contributed by atoms with van der Waals surface area (Å²) in [6.45, 7) is 1.78. The Hall–Kier alpha value is -3.72. The van der Waals surface area contributed by atoms with Crippen molar-refractivity contribution >= 4 is 54.4 Å². The molecule has 0 heterocycles. The van der Waals surface area contributed by atoms with Crippen LogP contribution in [0.5, 0.6) is 0 Å². The molecule has 172 valence electrons. The van der Waals surface area contributed by atoms with E-state index in [4.69, 9.17) is 11.5 Å². The highest BCUT2D eigenvalue weighted by Gasteiger charge is 2.23. The number of rotatable bonds is 6. The third kappa shape index (κ3) is 5.38. The summed E-state index contributed by atoms with van der Waals surface area (Å²) in [6.07, 6.45) is 0. The highest BCUT2D eigenvalue weighted by Crippen LogP contribution is 2.43. The van der Waals surface area contributed by atoms with Crippen molar-refractivity contribution in [2.75, 3.05) is 11.5 Å². The maximum absolute atomic E-state index is 11.8. The van der Waals surface area contributed by atoms with Crippen molar-refractivity contribution in [1.82, 2.24) is 0 Å². The van der Waals surface area contributed by atoms with Crippen LogP contribution in [0.15, 0.2) is 84.8 Å². The van der Waals surface area contributed by atoms with Crippen molar-refractivity contribution in [3.63, 3.8) is 0 Å². The van der Waals surface area contributed by atoms with Crippen molar-refractivity contribution in [3.05, 3.63) is 60.2 Å². The van der Waals surface area contributed by atoms with Crippen LogP contribution in [0.25, 0.3) is 0 Å². The second-order valence-electron chi connectivity index (χ2n) is 6.67. The van der Waals surface area contributed by atoms with E-state index in [1.165, 1.54) is 18.2 Å². The summed E-state index contributed by atoms with van der Waals surface area (Å²) in [5.41, 5.74) is 11.6. The van der Waals surface area contributed by atoms with Crippen LogP contribution in [0.4, 0.5) is 34.1 Å². The molecule has 0 aromatic heterocycles. The summed E-state index contributed by atoms with van der Waals surface area (Å²) in [7, 11) is -9.43. The van der Waals surface area contributed by atoms with Gasteiger partial charge < -0.3 is 11.5 Å². The van der Waals surface area contributed by atoms with Crippen molar-refractivity contribution in [1.29, 1.82) is 0 Å². The normalized spacial score (nSPS) is 12.6. The van der Waals surface area contributed by atoms with Crippen molar-refractivity contribution in [3.8, 4) is 0 Å². The van der Waals surface area contributed by atoms with Gasteiger partial charge in [-0.2, -0.15) is 21.9 Å². The van der Waals surface area contributed by atoms with Gasteiger partial charge >= 0.3 is 0 Å². The van der Waals surface area contributed by atoms with Crippen LogP contribution in [0.1, 0.15) is 5.56 Å². The minimum absolute atomic E-state index is 0.231. The minimum Gasteiger partial charge on any atom is -0.396 e. The molecule has 0 bridgehead atoms. The monoisotopic (exact) mass is 490 g/mol. The Kier molecular flexibility index (Phi) is 6.55. The summed E-state index contributed by atoms with van der Waals surface area (Å²) in [5, 5.41) is 15.5. The molecule has 3 rings (SSSR count). The van der Waals surface area contributed by atoms with Gasteiger partial charge in [-0.15, -0.1) is 15.3 Å². The first kappa shape index (κ1) is 23.9. The fourth-order valence-electron chi connectivity index (χ4n) is 2.71. The average Bonchev–Trinajstić information content (AvgIpc) is 2.73. The Morgan fingerprint density at radius 3 is 1.79 bits per heavy atom. The first-order valence-corrected chi connectivity index (χ1v) is 11.9. The number of hydrogen-bond donors (Lipinski definition) is 4. The van der Waals surface area contributed by atoms with E-state index in [-0.39, 0.29) is 22.7 Å². The van der Waals surface area contributed by atoms with Crippen LogP contribution in [-0.2, 0) is 20.2 Å². The van der Waals surface area contributed by atoms with Crippen LogP contribution < -0.4 is 11.5 Å². The second-order valence-corrected chi connectivity index (χ2v) is 9.45. The highest BCUT2D eigenvalue weighted by atomic mass is 32.2. The number of nitrogen functional groups attached to an aromatic ring is 2. The maximum atomic E-state index is 11.8. The molecule has 0 atom stereocenters. The van der Waals surface area contributed by atoms with Gasteiger partial charge in [0.05, 0.1) is 17.1 Å². The first-order valence-electron chi connectivity index (χ1n) is 9.04. The van der Waals surface area contributed by atoms with Gasteiger partial charge in [0, 0.05) is 0 Å². The molecule has 0 unspecified atom stereocenters. The Bertz CT molecular complexity index is 1500. The van der Waals surface area contributed by atoms with Gasteiger partial charge in [0.2, 0.25) is 0 Å². The maximum Gasteiger partial charge on any atom is 0.296 e. The fraction of sp³-hybridized carbons (Fsp3) is 0.0526. The molecule has 0 amide bonds. The number of aryl methyl sites for hydroxylation is 1. The van der Waals surface area contributed by atoms with E-state index in [0.29, 0.717) is 5.69 Å². The molecule has 0 aliphatic heterocycles. The molecular weight excluding hydrogens is 472 g/mol. The van der Waals surface area contributed by atoms with Gasteiger partial charge in [0.1, 0.15) is 26.9 Å². The van der Waals surface area contributed by atoms with Gasteiger partial charge in [0.15, 0.2) is 0 Å². The zero-order valence-electron chi connectivity index (χ0n) is 17.0. The standard InChI is InChI=1S/C19H18N6O6S2/c1-11-6-2-3-7-12(11)22-25-19-17(20)14(10-16(18(19)21)33(29,30)31)24-23-13-8-4-5-9-15(13)32(26,27)28/h2-10H,20-21H2,1H3,(H,26,27,28)(H,29,30,31). The molecule has 6 N–H and O–H groups in total. The van der Waals surface area contributed by atoms with Gasteiger partial charge in [-0.25, -0.2) is 0 Å². The minimum atomic E-state index is -4.82. The molecule has 12 nitrogen and oxygen atoms in total. The van der Waals surface area contributed by atoms with Gasteiger partial charge in [-0.05, 0) is 36.8 Å². The summed E-state index contributed by atoms with van der Waals surface area (Å²) < 4.78 is 65.7. The smallest absolute Gasteiger partial charge is 0.296 e. The molecule has 0 aliphatic carbocycles. The lowest BCUT2D eigenvalue weighted by molar-refractivity contribution is 0.481. The van der Waals surface area contributed by atoms with E-state index in [2.05, 4.69) is 20.5 Å². The average molecular weight is 491 g/mol. The predicted octanol–water partition coefficient (Wildman–Crippen LogP) is 4.48. The SMILES string of the molecule is Cc1ccccc1N=Nc1c(N)c(N=Nc2ccccc2S(=O)(=O)O)cc(S(=O)(=O)O)c1N. The molecule has 33 heavy (non-hydrogen) atoms. The van der Waals surface area contributed by atoms with Crippen LogP contribution in [0.3, 0.4) is 0 Å². The third-order valence-electron chi connectivity index (χ3n) is 4.38. The van der Waals surface area contributed by atoms with Crippen molar-refractivity contribution < 1.29 is 25.9 Å². The van der Waals surface area contributed by atoms with E-state index in [9.17, 15) is 25.9 Å². The van der Waals surface area contributed by atoms with Gasteiger partial charge in [-0.3, -0.25) is 9.11 Å². The number of benzene rings is 3. The Labute approximate surface area is 189 Å². The molecule has 0 saturated carbocycles. The Balaban J connectivity index is 2.19. The summed E-state index contributed by atoms with van der Waals surface area (Å²) in [6, 6.07) is 13.0. The molecule has 0 aliphatic rings. The van der Waals surface area contributed by atoms with E-state index < -0.39 is 35.7 Å². The fourth-order valence-corrected chi connectivity index (χ4v) is 3.97. The number of nitrogens with zero attached hydrogens (tertiary/aromatic N) is 4. The largest absolute Gasteiger partial charge is 0.396 e. The zero-order valence-corrected chi connectivity index (χ0v) is 18.6. The zero-order chi connectivity index (χ0) is 24.4. The number of hydrogen-bond acceptors (Lipinski definition) is 10. The first-order chi connectivity index (χ1) is 15.4. The van der Waals surface area contributed by atoms with Crippen LogP contribution >= 0.6 is 0 Å². The molecule has 0 fully saturated rings. The molecule has 0 spiro atoms. The molecule has 3 aromatic rings. The van der Waals surface area contributed by atoms with E-state index >= 15 is 0 Å². The van der Waals surface area contributed by atoms with Crippen LogP contribution in [0.2, 0.25) is 0 Å².